The Morgan fingerprint density at radius 2 is 1.76 bits per heavy atom. The van der Waals surface area contributed by atoms with Crippen LogP contribution in [0.3, 0.4) is 0 Å². The predicted octanol–water partition coefficient (Wildman–Crippen LogP) is 3.57. The van der Waals surface area contributed by atoms with Crippen LogP contribution in [0.25, 0.3) is 10.8 Å². The van der Waals surface area contributed by atoms with Crippen LogP contribution in [0.15, 0.2) is 82.2 Å². The van der Waals surface area contributed by atoms with E-state index in [4.69, 9.17) is 4.52 Å². The van der Waals surface area contributed by atoms with Crippen molar-refractivity contribution in [3.63, 3.8) is 0 Å². The number of carbonyl (C=O) groups is 1. The lowest BCUT2D eigenvalue weighted by Crippen LogP contribution is -2.52. The molecule has 1 aliphatic rings. The Hall–Kier alpha value is -3.49. The van der Waals surface area contributed by atoms with E-state index in [9.17, 15) is 13.2 Å². The zero-order valence-electron chi connectivity index (χ0n) is 18.1. The maximum Gasteiger partial charge on any atom is 0.244 e. The molecule has 1 atom stereocenters. The third-order valence-electron chi connectivity index (χ3n) is 5.95. The molecular formula is C25H23N3O4S. The van der Waals surface area contributed by atoms with Crippen molar-refractivity contribution in [1.29, 1.82) is 0 Å². The molecule has 7 nitrogen and oxygen atoms in total. The molecule has 1 aromatic heterocycles. The van der Waals surface area contributed by atoms with Crippen molar-refractivity contribution >= 4 is 26.7 Å². The van der Waals surface area contributed by atoms with Crippen molar-refractivity contribution < 1.29 is 17.7 Å². The fourth-order valence-corrected chi connectivity index (χ4v) is 5.83. The topological polar surface area (TPSA) is 92.5 Å². The number of hydrogen-bond donors (Lipinski definition) is 1. The van der Waals surface area contributed by atoms with Crippen LogP contribution in [-0.2, 0) is 34.3 Å². The van der Waals surface area contributed by atoms with E-state index >= 15 is 0 Å². The van der Waals surface area contributed by atoms with Crippen molar-refractivity contribution in [1.82, 2.24) is 14.8 Å². The molecule has 0 fully saturated rings. The summed E-state index contributed by atoms with van der Waals surface area (Å²) in [6, 6.07) is 21.1. The molecule has 0 aliphatic carbocycles. The van der Waals surface area contributed by atoms with Gasteiger partial charge < -0.3 is 9.84 Å². The molecule has 1 aliphatic heterocycles. The van der Waals surface area contributed by atoms with Gasteiger partial charge in [-0.25, -0.2) is 8.42 Å². The lowest BCUT2D eigenvalue weighted by molar-refractivity contribution is -0.125. The summed E-state index contributed by atoms with van der Waals surface area (Å²) in [6.07, 6.45) is 0.296. The zero-order chi connectivity index (χ0) is 23.0. The third kappa shape index (κ3) is 4.15. The lowest BCUT2D eigenvalue weighted by atomic mass is 9.95. The molecule has 2 heterocycles. The van der Waals surface area contributed by atoms with Crippen molar-refractivity contribution in [3.8, 4) is 0 Å². The summed E-state index contributed by atoms with van der Waals surface area (Å²) >= 11 is 0. The first kappa shape index (κ1) is 21.4. The van der Waals surface area contributed by atoms with Crippen LogP contribution in [0.2, 0.25) is 0 Å². The van der Waals surface area contributed by atoms with Crippen molar-refractivity contribution in [2.45, 2.75) is 37.4 Å². The number of nitrogens with one attached hydrogen (secondary N) is 1. The number of nitrogens with zero attached hydrogens (tertiary/aromatic N) is 2. The molecule has 1 amide bonds. The molecule has 168 valence electrons. The number of sulfonamides is 1. The van der Waals surface area contributed by atoms with E-state index in [-0.39, 0.29) is 23.9 Å². The quantitative estimate of drug-likeness (QED) is 0.491. The van der Waals surface area contributed by atoms with Gasteiger partial charge in [-0.15, -0.1) is 0 Å². The standard InChI is InChI=1S/C25H23N3O4S/c1-17-12-22(32-27-17)15-26-25(29)24-14-20-8-4-5-9-21(20)16-28(24)33(30,31)23-11-10-18-6-2-3-7-19(18)13-23/h2-13,24H,14-16H2,1H3,(H,26,29)/t24-/m0/s1. The molecule has 0 saturated carbocycles. The largest absolute Gasteiger partial charge is 0.359 e. The lowest BCUT2D eigenvalue weighted by Gasteiger charge is -2.35. The summed E-state index contributed by atoms with van der Waals surface area (Å²) in [5.41, 5.74) is 2.58. The SMILES string of the molecule is Cc1cc(CNC(=O)[C@@H]2Cc3ccccc3CN2S(=O)(=O)c2ccc3ccccc3c2)on1. The van der Waals surface area contributed by atoms with Crippen LogP contribution in [0, 0.1) is 6.92 Å². The van der Waals surface area contributed by atoms with Gasteiger partial charge >= 0.3 is 0 Å². The molecule has 0 unspecified atom stereocenters. The molecule has 0 bridgehead atoms. The van der Waals surface area contributed by atoms with Crippen molar-refractivity contribution in [3.05, 3.63) is 95.4 Å². The molecule has 0 spiro atoms. The maximum atomic E-state index is 13.8. The van der Waals surface area contributed by atoms with Gasteiger partial charge in [-0.05, 0) is 47.4 Å². The van der Waals surface area contributed by atoms with Gasteiger partial charge in [-0.2, -0.15) is 4.31 Å². The minimum atomic E-state index is -3.93. The van der Waals surface area contributed by atoms with E-state index < -0.39 is 16.1 Å². The fraction of sp³-hybridized carbons (Fsp3) is 0.200. The van der Waals surface area contributed by atoms with Crippen LogP contribution in [0.1, 0.15) is 22.6 Å². The number of benzene rings is 3. The Kier molecular flexibility index (Phi) is 5.47. The first-order valence-corrected chi connectivity index (χ1v) is 12.1. The molecule has 8 heteroatoms. The molecule has 3 aromatic carbocycles. The Labute approximate surface area is 192 Å². The number of aryl methyl sites for hydroxylation is 1. The summed E-state index contributed by atoms with van der Waals surface area (Å²) in [7, 11) is -3.93. The Bertz CT molecular complexity index is 1440. The fourth-order valence-electron chi connectivity index (χ4n) is 4.23. The van der Waals surface area contributed by atoms with E-state index in [1.54, 1.807) is 31.2 Å². The summed E-state index contributed by atoms with van der Waals surface area (Å²) in [5, 5.41) is 8.43. The van der Waals surface area contributed by atoms with E-state index in [1.165, 1.54) is 4.31 Å². The molecule has 4 aromatic rings. The normalized spacial score (nSPS) is 16.5. The molecule has 5 rings (SSSR count). The van der Waals surface area contributed by atoms with E-state index in [1.807, 2.05) is 48.5 Å². The smallest absolute Gasteiger partial charge is 0.244 e. The molecular weight excluding hydrogens is 438 g/mol. The zero-order valence-corrected chi connectivity index (χ0v) is 18.9. The van der Waals surface area contributed by atoms with Crippen LogP contribution >= 0.6 is 0 Å². The highest BCUT2D eigenvalue weighted by molar-refractivity contribution is 7.89. The molecule has 33 heavy (non-hydrogen) atoms. The average Bonchev–Trinajstić information content (AvgIpc) is 3.26. The van der Waals surface area contributed by atoms with Crippen LogP contribution in [0.4, 0.5) is 0 Å². The van der Waals surface area contributed by atoms with Crippen LogP contribution in [0.5, 0.6) is 0 Å². The van der Waals surface area contributed by atoms with Gasteiger partial charge in [0, 0.05) is 12.6 Å². The Morgan fingerprint density at radius 1 is 1.03 bits per heavy atom. The summed E-state index contributed by atoms with van der Waals surface area (Å²) in [5.74, 6) is 0.143. The van der Waals surface area contributed by atoms with E-state index in [2.05, 4.69) is 10.5 Å². The van der Waals surface area contributed by atoms with Crippen molar-refractivity contribution in [2.24, 2.45) is 0 Å². The van der Waals surface area contributed by atoms with Crippen molar-refractivity contribution in [2.75, 3.05) is 0 Å². The van der Waals surface area contributed by atoms with Gasteiger partial charge in [0.15, 0.2) is 5.76 Å². The molecule has 0 saturated heterocycles. The number of fused-ring (bicyclic) bond motifs is 2. The first-order chi connectivity index (χ1) is 15.9. The second-order valence-corrected chi connectivity index (χ2v) is 10.1. The van der Waals surface area contributed by atoms with Gasteiger partial charge in [0.25, 0.3) is 0 Å². The maximum absolute atomic E-state index is 13.8. The van der Waals surface area contributed by atoms with E-state index in [0.29, 0.717) is 17.9 Å². The first-order valence-electron chi connectivity index (χ1n) is 10.7. The molecule has 0 radical (unpaired) electrons. The van der Waals surface area contributed by atoms with Gasteiger partial charge in [0.2, 0.25) is 15.9 Å². The van der Waals surface area contributed by atoms with Gasteiger partial charge in [-0.3, -0.25) is 4.79 Å². The van der Waals surface area contributed by atoms with E-state index in [0.717, 1.165) is 21.9 Å². The second-order valence-electron chi connectivity index (χ2n) is 8.20. The Morgan fingerprint density at radius 3 is 2.52 bits per heavy atom. The van der Waals surface area contributed by atoms with Crippen LogP contribution in [-0.4, -0.2) is 29.8 Å². The third-order valence-corrected chi connectivity index (χ3v) is 7.80. The summed E-state index contributed by atoms with van der Waals surface area (Å²) in [4.78, 5) is 13.4. The highest BCUT2D eigenvalue weighted by atomic mass is 32.2. The number of amides is 1. The number of carbonyl (C=O) groups excluding carboxylic acids is 1. The highest BCUT2D eigenvalue weighted by Crippen LogP contribution is 2.30. The number of aromatic nitrogens is 1. The minimum absolute atomic E-state index is 0.130. The van der Waals surface area contributed by atoms with Gasteiger partial charge in [0.1, 0.15) is 6.04 Å². The van der Waals surface area contributed by atoms with Crippen LogP contribution < -0.4 is 5.32 Å². The monoisotopic (exact) mass is 461 g/mol. The molecule has 1 N–H and O–H groups in total. The minimum Gasteiger partial charge on any atom is -0.359 e. The Balaban J connectivity index is 1.49. The second kappa shape index (κ2) is 8.46. The highest BCUT2D eigenvalue weighted by Gasteiger charge is 2.39. The summed E-state index contributed by atoms with van der Waals surface area (Å²) < 4.78 is 34.0. The average molecular weight is 462 g/mol. The number of hydrogen-bond acceptors (Lipinski definition) is 5. The number of rotatable bonds is 5. The summed E-state index contributed by atoms with van der Waals surface area (Å²) in [6.45, 7) is 2.07. The van der Waals surface area contributed by atoms with Gasteiger partial charge in [0.05, 0.1) is 17.1 Å². The predicted molar refractivity (Wildman–Crippen MR) is 124 cm³/mol. The van der Waals surface area contributed by atoms with Gasteiger partial charge in [-0.1, -0.05) is 59.8 Å².